The van der Waals surface area contributed by atoms with Gasteiger partial charge < -0.3 is 14.6 Å². The van der Waals surface area contributed by atoms with Crippen LogP contribution in [0.5, 0.6) is 5.75 Å². The van der Waals surface area contributed by atoms with Crippen molar-refractivity contribution in [3.05, 3.63) is 28.8 Å². The van der Waals surface area contributed by atoms with Gasteiger partial charge in [0.25, 0.3) is 0 Å². The minimum atomic E-state index is -4.95. The molecule has 1 aromatic rings. The second-order valence-corrected chi connectivity index (χ2v) is 3.88. The van der Waals surface area contributed by atoms with Crippen LogP contribution in [0.2, 0.25) is 0 Å². The fourth-order valence-electron chi connectivity index (χ4n) is 1.71. The number of aliphatic hydroxyl groups is 1. The van der Waals surface area contributed by atoms with Gasteiger partial charge in [0.2, 0.25) is 0 Å². The SMILES string of the molecule is CCOC(=O)Cc1ccc(OC(F)(F)F)c(CO)c1C#N. The molecule has 0 aliphatic heterocycles. The number of carbonyl (C=O) groups is 1. The Morgan fingerprint density at radius 3 is 2.57 bits per heavy atom. The first kappa shape index (κ1) is 16.8. The summed E-state index contributed by atoms with van der Waals surface area (Å²) in [6.45, 7) is 0.913. The molecular formula is C13H12F3NO4. The zero-order chi connectivity index (χ0) is 16.0. The van der Waals surface area contributed by atoms with Gasteiger partial charge in [-0.25, -0.2) is 0 Å². The van der Waals surface area contributed by atoms with E-state index in [0.29, 0.717) is 0 Å². The highest BCUT2D eigenvalue weighted by molar-refractivity contribution is 5.74. The molecule has 0 unspecified atom stereocenters. The van der Waals surface area contributed by atoms with E-state index < -0.39 is 24.7 Å². The van der Waals surface area contributed by atoms with E-state index >= 15 is 0 Å². The Balaban J connectivity index is 3.20. The summed E-state index contributed by atoms with van der Waals surface area (Å²) < 4.78 is 45.2. The molecule has 21 heavy (non-hydrogen) atoms. The van der Waals surface area contributed by atoms with Crippen molar-refractivity contribution in [3.8, 4) is 11.8 Å². The lowest BCUT2D eigenvalue weighted by atomic mass is 9.99. The van der Waals surface area contributed by atoms with Crippen molar-refractivity contribution in [2.24, 2.45) is 0 Å². The first-order valence-corrected chi connectivity index (χ1v) is 5.89. The molecule has 0 saturated heterocycles. The second-order valence-electron chi connectivity index (χ2n) is 3.88. The fourth-order valence-corrected chi connectivity index (χ4v) is 1.71. The Hall–Kier alpha value is -2.27. The van der Waals surface area contributed by atoms with Gasteiger partial charge >= 0.3 is 12.3 Å². The van der Waals surface area contributed by atoms with Crippen molar-refractivity contribution in [3.63, 3.8) is 0 Å². The van der Waals surface area contributed by atoms with E-state index in [4.69, 9.17) is 10.00 Å². The smallest absolute Gasteiger partial charge is 0.466 e. The quantitative estimate of drug-likeness (QED) is 0.842. The molecule has 0 radical (unpaired) electrons. The van der Waals surface area contributed by atoms with Crippen LogP contribution in [-0.2, 0) is 22.6 Å². The number of alkyl halides is 3. The molecule has 0 fully saturated rings. The van der Waals surface area contributed by atoms with Gasteiger partial charge in [-0.3, -0.25) is 4.79 Å². The van der Waals surface area contributed by atoms with Gasteiger partial charge in [-0.15, -0.1) is 13.2 Å². The predicted octanol–water partition coefficient (Wildman–Crippen LogP) is 2.05. The van der Waals surface area contributed by atoms with E-state index in [-0.39, 0.29) is 29.7 Å². The second kappa shape index (κ2) is 6.95. The van der Waals surface area contributed by atoms with Crippen LogP contribution in [0.1, 0.15) is 23.6 Å². The number of benzene rings is 1. The monoisotopic (exact) mass is 303 g/mol. The summed E-state index contributed by atoms with van der Waals surface area (Å²) in [5.74, 6) is -1.29. The highest BCUT2D eigenvalue weighted by Crippen LogP contribution is 2.30. The average Bonchev–Trinajstić information content (AvgIpc) is 2.38. The zero-order valence-electron chi connectivity index (χ0n) is 11.0. The Bertz CT molecular complexity index is 564. The van der Waals surface area contributed by atoms with Gasteiger partial charge in [0, 0.05) is 5.56 Å². The Morgan fingerprint density at radius 2 is 2.10 bits per heavy atom. The molecule has 0 aromatic heterocycles. The van der Waals surface area contributed by atoms with E-state index in [1.165, 1.54) is 0 Å². The molecule has 0 saturated carbocycles. The highest BCUT2D eigenvalue weighted by Gasteiger charge is 2.33. The maximum Gasteiger partial charge on any atom is 0.573 e. The Labute approximate surface area is 118 Å². The van der Waals surface area contributed by atoms with Gasteiger partial charge in [0.05, 0.1) is 31.3 Å². The number of carbonyl (C=O) groups excluding carboxylic acids is 1. The lowest BCUT2D eigenvalue weighted by Crippen LogP contribution is -2.19. The van der Waals surface area contributed by atoms with Crippen LogP contribution in [0.25, 0.3) is 0 Å². The molecule has 0 amide bonds. The van der Waals surface area contributed by atoms with Crippen LogP contribution in [0.15, 0.2) is 12.1 Å². The fraction of sp³-hybridized carbons (Fsp3) is 0.385. The van der Waals surface area contributed by atoms with Gasteiger partial charge in [0.15, 0.2) is 0 Å². The van der Waals surface area contributed by atoms with Crippen molar-refractivity contribution < 1.29 is 32.5 Å². The highest BCUT2D eigenvalue weighted by atomic mass is 19.4. The number of ether oxygens (including phenoxy) is 2. The molecule has 0 bridgehead atoms. The van der Waals surface area contributed by atoms with Crippen molar-refractivity contribution >= 4 is 5.97 Å². The van der Waals surface area contributed by atoms with Gasteiger partial charge in [-0.1, -0.05) is 6.07 Å². The number of nitrogens with zero attached hydrogens (tertiary/aromatic N) is 1. The normalized spacial score (nSPS) is 10.9. The van der Waals surface area contributed by atoms with Gasteiger partial charge in [0.1, 0.15) is 5.75 Å². The van der Waals surface area contributed by atoms with Gasteiger partial charge in [-0.2, -0.15) is 5.26 Å². The topological polar surface area (TPSA) is 79.6 Å². The summed E-state index contributed by atoms with van der Waals surface area (Å²) in [4.78, 5) is 11.4. The largest absolute Gasteiger partial charge is 0.573 e. The first-order valence-electron chi connectivity index (χ1n) is 5.89. The minimum absolute atomic E-state index is 0.142. The van der Waals surface area contributed by atoms with Crippen LogP contribution in [0, 0.1) is 11.3 Å². The van der Waals surface area contributed by atoms with E-state index in [9.17, 15) is 23.1 Å². The Morgan fingerprint density at radius 1 is 1.43 bits per heavy atom. The maximum atomic E-state index is 12.2. The molecule has 8 heteroatoms. The van der Waals surface area contributed by atoms with Crippen molar-refractivity contribution in [2.75, 3.05) is 6.61 Å². The Kier molecular flexibility index (Phi) is 5.55. The van der Waals surface area contributed by atoms with E-state index in [1.54, 1.807) is 13.0 Å². The van der Waals surface area contributed by atoms with E-state index in [2.05, 4.69) is 4.74 Å². The molecule has 0 heterocycles. The third-order valence-electron chi connectivity index (χ3n) is 2.49. The lowest BCUT2D eigenvalue weighted by molar-refractivity contribution is -0.275. The molecule has 5 nitrogen and oxygen atoms in total. The van der Waals surface area contributed by atoms with Crippen LogP contribution in [-0.4, -0.2) is 24.0 Å². The number of nitriles is 1. The first-order chi connectivity index (χ1) is 9.82. The number of esters is 1. The van der Waals surface area contributed by atoms with Crippen molar-refractivity contribution in [1.29, 1.82) is 5.26 Å². The molecule has 1 aromatic carbocycles. The number of rotatable bonds is 5. The molecule has 0 aliphatic rings. The predicted molar refractivity (Wildman–Crippen MR) is 64.1 cm³/mol. The van der Waals surface area contributed by atoms with Crippen molar-refractivity contribution in [2.45, 2.75) is 26.3 Å². The summed E-state index contributed by atoms with van der Waals surface area (Å²) in [5.41, 5.74) is -0.390. The van der Waals surface area contributed by atoms with E-state index in [0.717, 1.165) is 12.1 Å². The summed E-state index contributed by atoms with van der Waals surface area (Å²) in [6.07, 6.45) is -5.23. The maximum absolute atomic E-state index is 12.2. The summed E-state index contributed by atoms with van der Waals surface area (Å²) in [7, 11) is 0. The molecule has 1 N–H and O–H groups in total. The molecule has 0 aliphatic carbocycles. The van der Waals surface area contributed by atoms with Crippen LogP contribution in [0.3, 0.4) is 0 Å². The number of aliphatic hydroxyl groups excluding tert-OH is 1. The number of halogens is 3. The lowest BCUT2D eigenvalue weighted by Gasteiger charge is -2.15. The third-order valence-corrected chi connectivity index (χ3v) is 2.49. The summed E-state index contributed by atoms with van der Waals surface area (Å²) in [6, 6.07) is 3.79. The van der Waals surface area contributed by atoms with Crippen LogP contribution in [0.4, 0.5) is 13.2 Å². The molecule has 114 valence electrons. The average molecular weight is 303 g/mol. The molecule has 0 atom stereocenters. The van der Waals surface area contributed by atoms with E-state index in [1.807, 2.05) is 0 Å². The standard InChI is InChI=1S/C13H12F3NO4/c1-2-20-12(19)5-8-3-4-11(21-13(14,15)16)10(7-18)9(8)6-17/h3-4,18H,2,5,7H2,1H3. The summed E-state index contributed by atoms with van der Waals surface area (Å²) >= 11 is 0. The van der Waals surface area contributed by atoms with Crippen LogP contribution >= 0.6 is 0 Å². The number of hydrogen-bond donors (Lipinski definition) is 1. The van der Waals surface area contributed by atoms with Crippen molar-refractivity contribution in [1.82, 2.24) is 0 Å². The zero-order valence-corrected chi connectivity index (χ0v) is 11.0. The summed E-state index contributed by atoms with van der Waals surface area (Å²) in [5, 5.41) is 18.2. The third kappa shape index (κ3) is 4.65. The molecule has 0 spiro atoms. The van der Waals surface area contributed by atoms with Crippen LogP contribution < -0.4 is 4.74 Å². The molecule has 1 rings (SSSR count). The minimum Gasteiger partial charge on any atom is -0.466 e. The molecular weight excluding hydrogens is 291 g/mol. The van der Waals surface area contributed by atoms with Gasteiger partial charge in [-0.05, 0) is 18.6 Å². The number of hydrogen-bond acceptors (Lipinski definition) is 5.